The Morgan fingerprint density at radius 3 is 2.24 bits per heavy atom. The zero-order chi connectivity index (χ0) is 12.9. The smallest absolute Gasteiger partial charge is 0.178 e. The Hall–Kier alpha value is -0.870. The molecule has 0 saturated carbocycles. The van der Waals surface area contributed by atoms with Gasteiger partial charge in [-0.25, -0.2) is 8.42 Å². The molecule has 17 heavy (non-hydrogen) atoms. The average Bonchev–Trinajstić information content (AvgIpc) is 2.29. The second-order valence-electron chi connectivity index (χ2n) is 4.41. The van der Waals surface area contributed by atoms with Crippen molar-refractivity contribution in [2.45, 2.75) is 38.1 Å². The van der Waals surface area contributed by atoms with Gasteiger partial charge in [-0.15, -0.1) is 0 Å². The van der Waals surface area contributed by atoms with Crippen molar-refractivity contribution >= 4 is 9.84 Å². The van der Waals surface area contributed by atoms with Crippen LogP contribution in [0.3, 0.4) is 0 Å². The lowest BCUT2D eigenvalue weighted by molar-refractivity contribution is 0.590. The summed E-state index contributed by atoms with van der Waals surface area (Å²) in [5, 5.41) is 3.33. The maximum absolute atomic E-state index is 11.6. The third-order valence-electron chi connectivity index (χ3n) is 2.63. The summed E-state index contributed by atoms with van der Waals surface area (Å²) in [6, 6.07) is 7.66. The Labute approximate surface area is 104 Å². The summed E-state index contributed by atoms with van der Waals surface area (Å²) >= 11 is 0. The number of sulfone groups is 1. The molecule has 0 saturated heterocycles. The standard InChI is InChI=1S/C13H21NO2S/c1-4-17(15,16)13-7-5-12(6-8-13)9-10-14-11(2)3/h5-8,11,14H,4,9-10H2,1-3H3. The van der Waals surface area contributed by atoms with Gasteiger partial charge in [0.05, 0.1) is 10.6 Å². The van der Waals surface area contributed by atoms with Gasteiger partial charge in [-0.1, -0.05) is 32.9 Å². The van der Waals surface area contributed by atoms with E-state index in [0.717, 1.165) is 18.5 Å². The van der Waals surface area contributed by atoms with Crippen molar-refractivity contribution in [3.8, 4) is 0 Å². The van der Waals surface area contributed by atoms with Crippen LogP contribution in [0.4, 0.5) is 0 Å². The molecule has 0 heterocycles. The predicted octanol–water partition coefficient (Wildman–Crippen LogP) is 2.02. The fraction of sp³-hybridized carbons (Fsp3) is 0.538. The molecule has 1 aromatic rings. The third kappa shape index (κ3) is 4.48. The molecule has 0 radical (unpaired) electrons. The molecule has 0 fully saturated rings. The lowest BCUT2D eigenvalue weighted by atomic mass is 10.1. The number of rotatable bonds is 6. The molecule has 96 valence electrons. The maximum atomic E-state index is 11.6. The van der Waals surface area contributed by atoms with Gasteiger partial charge in [-0.05, 0) is 30.7 Å². The van der Waals surface area contributed by atoms with Crippen LogP contribution in [-0.4, -0.2) is 26.8 Å². The second-order valence-corrected chi connectivity index (χ2v) is 6.68. The van der Waals surface area contributed by atoms with Gasteiger partial charge in [0.25, 0.3) is 0 Å². The average molecular weight is 255 g/mol. The van der Waals surface area contributed by atoms with Crippen LogP contribution >= 0.6 is 0 Å². The van der Waals surface area contributed by atoms with Crippen LogP contribution in [0.1, 0.15) is 26.3 Å². The van der Waals surface area contributed by atoms with Crippen molar-refractivity contribution in [1.29, 1.82) is 0 Å². The molecular formula is C13H21NO2S. The Bertz CT molecular complexity index is 435. The van der Waals surface area contributed by atoms with Crippen molar-refractivity contribution in [3.63, 3.8) is 0 Å². The monoisotopic (exact) mass is 255 g/mol. The van der Waals surface area contributed by atoms with Crippen molar-refractivity contribution in [2.24, 2.45) is 0 Å². The van der Waals surface area contributed by atoms with E-state index in [-0.39, 0.29) is 5.75 Å². The van der Waals surface area contributed by atoms with E-state index in [1.165, 1.54) is 0 Å². The van der Waals surface area contributed by atoms with E-state index in [2.05, 4.69) is 19.2 Å². The molecule has 1 aromatic carbocycles. The summed E-state index contributed by atoms with van der Waals surface area (Å²) in [4.78, 5) is 0.417. The maximum Gasteiger partial charge on any atom is 0.178 e. The van der Waals surface area contributed by atoms with Gasteiger partial charge in [-0.3, -0.25) is 0 Å². The van der Waals surface area contributed by atoms with Crippen LogP contribution in [0.25, 0.3) is 0 Å². The van der Waals surface area contributed by atoms with Crippen molar-refractivity contribution in [1.82, 2.24) is 5.32 Å². The molecule has 3 nitrogen and oxygen atoms in total. The van der Waals surface area contributed by atoms with E-state index in [0.29, 0.717) is 10.9 Å². The SMILES string of the molecule is CCS(=O)(=O)c1ccc(CCNC(C)C)cc1. The summed E-state index contributed by atoms with van der Waals surface area (Å²) in [6.45, 7) is 6.79. The molecule has 0 bridgehead atoms. The van der Waals surface area contributed by atoms with Crippen LogP contribution in [0.2, 0.25) is 0 Å². The predicted molar refractivity (Wildman–Crippen MR) is 71.0 cm³/mol. The molecule has 0 aromatic heterocycles. The first-order valence-electron chi connectivity index (χ1n) is 6.01. The van der Waals surface area contributed by atoms with Gasteiger partial charge in [-0.2, -0.15) is 0 Å². The van der Waals surface area contributed by atoms with Crippen molar-refractivity contribution in [3.05, 3.63) is 29.8 Å². The fourth-order valence-electron chi connectivity index (χ4n) is 1.54. The van der Waals surface area contributed by atoms with Crippen LogP contribution in [0, 0.1) is 0 Å². The molecule has 0 atom stereocenters. The van der Waals surface area contributed by atoms with Crippen molar-refractivity contribution < 1.29 is 8.42 Å². The molecular weight excluding hydrogens is 234 g/mol. The summed E-state index contributed by atoms with van der Waals surface area (Å²) in [5.41, 5.74) is 1.16. The minimum atomic E-state index is -3.06. The Morgan fingerprint density at radius 2 is 1.76 bits per heavy atom. The van der Waals surface area contributed by atoms with Gasteiger partial charge in [0.15, 0.2) is 9.84 Å². The normalized spacial score (nSPS) is 12.0. The van der Waals surface area contributed by atoms with Crippen LogP contribution in [-0.2, 0) is 16.3 Å². The van der Waals surface area contributed by atoms with Gasteiger partial charge >= 0.3 is 0 Å². The molecule has 0 aliphatic rings. The van der Waals surface area contributed by atoms with Gasteiger partial charge < -0.3 is 5.32 Å². The summed E-state index contributed by atoms with van der Waals surface area (Å²) in [7, 11) is -3.06. The highest BCUT2D eigenvalue weighted by Crippen LogP contribution is 2.12. The first kappa shape index (κ1) is 14.2. The van der Waals surface area contributed by atoms with E-state index in [1.54, 1.807) is 19.1 Å². The molecule has 1 N–H and O–H groups in total. The molecule has 0 spiro atoms. The topological polar surface area (TPSA) is 46.2 Å². The molecule has 0 amide bonds. The highest BCUT2D eigenvalue weighted by molar-refractivity contribution is 7.91. The number of hydrogen-bond donors (Lipinski definition) is 1. The van der Waals surface area contributed by atoms with E-state index < -0.39 is 9.84 Å². The second kappa shape index (κ2) is 6.17. The zero-order valence-electron chi connectivity index (χ0n) is 10.7. The van der Waals surface area contributed by atoms with Crippen LogP contribution in [0.5, 0.6) is 0 Å². The van der Waals surface area contributed by atoms with Crippen LogP contribution < -0.4 is 5.32 Å². The fourth-order valence-corrected chi connectivity index (χ4v) is 2.42. The summed E-state index contributed by atoms with van der Waals surface area (Å²) in [5.74, 6) is 0.154. The molecule has 0 unspecified atom stereocenters. The van der Waals surface area contributed by atoms with E-state index in [1.807, 2.05) is 12.1 Å². The number of nitrogens with one attached hydrogen (secondary N) is 1. The van der Waals surface area contributed by atoms with E-state index in [9.17, 15) is 8.42 Å². The zero-order valence-corrected chi connectivity index (χ0v) is 11.5. The van der Waals surface area contributed by atoms with Gasteiger partial charge in [0, 0.05) is 6.04 Å². The largest absolute Gasteiger partial charge is 0.314 e. The minimum absolute atomic E-state index is 0.154. The van der Waals surface area contributed by atoms with Gasteiger partial charge in [0.1, 0.15) is 0 Å². The highest BCUT2D eigenvalue weighted by Gasteiger charge is 2.10. The number of benzene rings is 1. The summed E-state index contributed by atoms with van der Waals surface area (Å²) in [6.07, 6.45) is 0.921. The third-order valence-corrected chi connectivity index (χ3v) is 4.38. The molecule has 1 rings (SSSR count). The lowest BCUT2D eigenvalue weighted by Gasteiger charge is -2.08. The lowest BCUT2D eigenvalue weighted by Crippen LogP contribution is -2.24. The molecule has 0 aliphatic heterocycles. The molecule has 0 aliphatic carbocycles. The van der Waals surface area contributed by atoms with Gasteiger partial charge in [0.2, 0.25) is 0 Å². The quantitative estimate of drug-likeness (QED) is 0.846. The first-order chi connectivity index (χ1) is 7.95. The Balaban J connectivity index is 2.63. The summed E-state index contributed by atoms with van der Waals surface area (Å²) < 4.78 is 23.2. The van der Waals surface area contributed by atoms with Crippen LogP contribution in [0.15, 0.2) is 29.2 Å². The van der Waals surface area contributed by atoms with E-state index in [4.69, 9.17) is 0 Å². The number of hydrogen-bond acceptors (Lipinski definition) is 3. The minimum Gasteiger partial charge on any atom is -0.314 e. The first-order valence-corrected chi connectivity index (χ1v) is 7.66. The highest BCUT2D eigenvalue weighted by atomic mass is 32.2. The van der Waals surface area contributed by atoms with E-state index >= 15 is 0 Å². The van der Waals surface area contributed by atoms with Crippen molar-refractivity contribution in [2.75, 3.05) is 12.3 Å². The Kier molecular flexibility index (Phi) is 5.15. The Morgan fingerprint density at radius 1 is 1.18 bits per heavy atom. The molecule has 4 heteroatoms.